The number of ether oxygens (including phenoxy) is 4. The van der Waals surface area contributed by atoms with Crippen LogP contribution in [0.15, 0.2) is 0 Å². The number of hydrogen-bond donors (Lipinski definition) is 3. The van der Waals surface area contributed by atoms with Crippen molar-refractivity contribution in [2.45, 2.75) is 420 Å². The van der Waals surface area contributed by atoms with Crippen LogP contribution in [-0.4, -0.2) is 96.7 Å². The highest BCUT2D eigenvalue weighted by Crippen LogP contribution is 2.45. The van der Waals surface area contributed by atoms with Gasteiger partial charge in [0.05, 0.1) is 26.4 Å². The number of carbonyl (C=O) groups excluding carboxylic acids is 4. The lowest BCUT2D eigenvalue weighted by molar-refractivity contribution is -0.161. The molecule has 97 heavy (non-hydrogen) atoms. The highest BCUT2D eigenvalue weighted by molar-refractivity contribution is 7.47. The van der Waals surface area contributed by atoms with Gasteiger partial charge in [0.15, 0.2) is 12.2 Å². The van der Waals surface area contributed by atoms with Crippen molar-refractivity contribution >= 4 is 39.5 Å². The molecule has 5 atom stereocenters. The number of esters is 4. The van der Waals surface area contributed by atoms with E-state index in [2.05, 4.69) is 48.5 Å². The van der Waals surface area contributed by atoms with Crippen LogP contribution in [0.4, 0.5) is 0 Å². The van der Waals surface area contributed by atoms with Crippen molar-refractivity contribution in [3.63, 3.8) is 0 Å². The Labute approximate surface area is 594 Å². The van der Waals surface area contributed by atoms with E-state index in [1.807, 2.05) is 0 Å². The maximum Gasteiger partial charge on any atom is 0.472 e. The van der Waals surface area contributed by atoms with Crippen LogP contribution in [0.25, 0.3) is 0 Å². The number of unbranched alkanes of at least 4 members (excludes halogenated alkanes) is 44. The van der Waals surface area contributed by atoms with Gasteiger partial charge in [-0.05, 0) is 43.4 Å². The molecule has 0 aliphatic heterocycles. The zero-order valence-corrected chi connectivity index (χ0v) is 65.3. The maximum absolute atomic E-state index is 13.1. The molecular weight excluding hydrogens is 1270 g/mol. The number of carbonyl (C=O) groups is 4. The first-order valence-electron chi connectivity index (χ1n) is 40.3. The molecular formula is C78H152O17P2. The average Bonchev–Trinajstić information content (AvgIpc) is 1.07. The van der Waals surface area contributed by atoms with E-state index in [0.29, 0.717) is 31.6 Å². The first kappa shape index (κ1) is 95.1. The SMILES string of the molecule is CCCCCCCCCCCCCCCCCCC(=O)OC[C@H](COP(=O)(O)OC[C@@H](O)COP(=O)(O)OC[C@@H](COC(=O)CCCCCCCCCC(C)C)OC(=O)CCCCCCCCCCCC(C)C)OC(=O)CCCCCCCCCCCCCCCCCCC(C)C. The predicted molar refractivity (Wildman–Crippen MR) is 395 cm³/mol. The van der Waals surface area contributed by atoms with Gasteiger partial charge < -0.3 is 33.8 Å². The van der Waals surface area contributed by atoms with Gasteiger partial charge in [0.2, 0.25) is 0 Å². The summed E-state index contributed by atoms with van der Waals surface area (Å²) in [5.74, 6) is 0.134. The second-order valence-electron chi connectivity index (χ2n) is 29.5. The van der Waals surface area contributed by atoms with Crippen LogP contribution in [-0.2, 0) is 65.4 Å². The number of aliphatic hydroxyl groups excluding tert-OH is 1. The first-order valence-corrected chi connectivity index (χ1v) is 43.3. The first-order chi connectivity index (χ1) is 46.7. The van der Waals surface area contributed by atoms with Gasteiger partial charge in [0.1, 0.15) is 19.3 Å². The summed E-state index contributed by atoms with van der Waals surface area (Å²) in [5.41, 5.74) is 0. The van der Waals surface area contributed by atoms with Gasteiger partial charge in [0, 0.05) is 25.7 Å². The lowest BCUT2D eigenvalue weighted by Gasteiger charge is -2.21. The van der Waals surface area contributed by atoms with Crippen molar-refractivity contribution in [3.05, 3.63) is 0 Å². The van der Waals surface area contributed by atoms with E-state index in [4.69, 9.17) is 37.0 Å². The lowest BCUT2D eigenvalue weighted by atomic mass is 10.0. The molecule has 0 aromatic carbocycles. The second kappa shape index (κ2) is 68.5. The fraction of sp³-hybridized carbons (Fsp3) is 0.949. The summed E-state index contributed by atoms with van der Waals surface area (Å²) in [6.45, 7) is 11.9. The average molecular weight is 1420 g/mol. The summed E-state index contributed by atoms with van der Waals surface area (Å²) in [7, 11) is -9.91. The van der Waals surface area contributed by atoms with Crippen molar-refractivity contribution < 1.29 is 80.2 Å². The number of aliphatic hydroxyl groups is 1. The molecule has 576 valence electrons. The van der Waals surface area contributed by atoms with Gasteiger partial charge in [-0.3, -0.25) is 37.3 Å². The summed E-state index contributed by atoms with van der Waals surface area (Å²) in [6.07, 6.45) is 55.6. The summed E-state index contributed by atoms with van der Waals surface area (Å²) in [4.78, 5) is 72.9. The Morgan fingerprint density at radius 2 is 0.474 bits per heavy atom. The van der Waals surface area contributed by atoms with Crippen LogP contribution in [0.1, 0.15) is 402 Å². The zero-order chi connectivity index (χ0) is 71.6. The van der Waals surface area contributed by atoms with E-state index in [1.54, 1.807) is 0 Å². The Kier molecular flexibility index (Phi) is 67.1. The van der Waals surface area contributed by atoms with Gasteiger partial charge in [0.25, 0.3) is 0 Å². The number of phosphoric acid groups is 2. The van der Waals surface area contributed by atoms with Crippen LogP contribution >= 0.6 is 15.6 Å². The van der Waals surface area contributed by atoms with Crippen molar-refractivity contribution in [2.24, 2.45) is 17.8 Å². The summed E-state index contributed by atoms with van der Waals surface area (Å²) in [5, 5.41) is 10.6. The standard InChI is InChI=1S/C78H152O17P2/c1-8-9-10-11-12-13-14-15-16-20-23-26-31-38-45-52-59-75(80)88-65-73(94-77(82)61-54-47-39-32-27-24-21-18-17-19-22-25-29-35-42-49-56-69(2)3)67-92-96(84,85)90-63-72(79)64-91-97(86,87)93-68-74(66-89-76(81)60-53-46-41-34-37-44-51-58-71(6)7)95-78(83)62-55-48-40-33-28-30-36-43-50-57-70(4)5/h69-74,79H,8-68H2,1-7H3,(H,84,85)(H,86,87)/t72-,73-,74-/m1/s1. The van der Waals surface area contributed by atoms with E-state index in [1.165, 1.54) is 205 Å². The van der Waals surface area contributed by atoms with Crippen molar-refractivity contribution in [2.75, 3.05) is 39.6 Å². The van der Waals surface area contributed by atoms with E-state index in [9.17, 15) is 43.2 Å². The normalized spacial score (nSPS) is 14.0. The molecule has 0 saturated carbocycles. The van der Waals surface area contributed by atoms with Gasteiger partial charge in [-0.25, -0.2) is 9.13 Å². The van der Waals surface area contributed by atoms with Crippen LogP contribution in [0.5, 0.6) is 0 Å². The van der Waals surface area contributed by atoms with Crippen LogP contribution < -0.4 is 0 Å². The molecule has 0 amide bonds. The lowest BCUT2D eigenvalue weighted by Crippen LogP contribution is -2.30. The third kappa shape index (κ3) is 72.2. The van der Waals surface area contributed by atoms with Gasteiger partial charge in [-0.2, -0.15) is 0 Å². The minimum atomic E-state index is -4.96. The molecule has 0 radical (unpaired) electrons. The molecule has 17 nitrogen and oxygen atoms in total. The van der Waals surface area contributed by atoms with Gasteiger partial charge in [-0.15, -0.1) is 0 Å². The molecule has 0 heterocycles. The smallest absolute Gasteiger partial charge is 0.462 e. The maximum atomic E-state index is 13.1. The van der Waals surface area contributed by atoms with E-state index in [-0.39, 0.29) is 25.7 Å². The molecule has 0 spiro atoms. The Morgan fingerprint density at radius 1 is 0.278 bits per heavy atom. The Bertz CT molecular complexity index is 1890. The van der Waals surface area contributed by atoms with E-state index >= 15 is 0 Å². The van der Waals surface area contributed by atoms with Crippen molar-refractivity contribution in [1.82, 2.24) is 0 Å². The van der Waals surface area contributed by atoms with Crippen LogP contribution in [0, 0.1) is 17.8 Å². The summed E-state index contributed by atoms with van der Waals surface area (Å²) < 4.78 is 68.6. The highest BCUT2D eigenvalue weighted by Gasteiger charge is 2.30. The molecule has 0 fully saturated rings. The van der Waals surface area contributed by atoms with E-state index < -0.39 is 97.5 Å². The number of hydrogen-bond acceptors (Lipinski definition) is 15. The largest absolute Gasteiger partial charge is 0.472 e. The summed E-state index contributed by atoms with van der Waals surface area (Å²) in [6, 6.07) is 0. The molecule has 0 bridgehead atoms. The fourth-order valence-electron chi connectivity index (χ4n) is 12.0. The Balaban J connectivity index is 5.23. The molecule has 19 heteroatoms. The van der Waals surface area contributed by atoms with Crippen LogP contribution in [0.3, 0.4) is 0 Å². The Hall–Kier alpha value is -1.94. The second-order valence-corrected chi connectivity index (χ2v) is 32.4. The molecule has 3 N–H and O–H groups in total. The van der Waals surface area contributed by atoms with Gasteiger partial charge in [-0.1, -0.05) is 350 Å². The molecule has 0 aromatic heterocycles. The quantitative estimate of drug-likeness (QED) is 0.0222. The molecule has 0 aliphatic carbocycles. The minimum Gasteiger partial charge on any atom is -0.462 e. The van der Waals surface area contributed by atoms with Crippen molar-refractivity contribution in [1.29, 1.82) is 0 Å². The Morgan fingerprint density at radius 3 is 0.701 bits per heavy atom. The molecule has 0 aliphatic rings. The molecule has 0 aromatic rings. The zero-order valence-electron chi connectivity index (χ0n) is 63.5. The predicted octanol–water partition coefficient (Wildman–Crippen LogP) is 23.0. The van der Waals surface area contributed by atoms with Crippen LogP contribution in [0.2, 0.25) is 0 Å². The third-order valence-electron chi connectivity index (χ3n) is 18.1. The third-order valence-corrected chi connectivity index (χ3v) is 20.0. The number of phosphoric ester groups is 2. The summed E-state index contributed by atoms with van der Waals surface area (Å²) >= 11 is 0. The number of rotatable bonds is 76. The minimum absolute atomic E-state index is 0.105. The van der Waals surface area contributed by atoms with E-state index in [0.717, 1.165) is 108 Å². The molecule has 2 unspecified atom stereocenters. The van der Waals surface area contributed by atoms with Crippen molar-refractivity contribution in [3.8, 4) is 0 Å². The topological polar surface area (TPSA) is 237 Å². The van der Waals surface area contributed by atoms with Gasteiger partial charge >= 0.3 is 39.5 Å². The fourth-order valence-corrected chi connectivity index (χ4v) is 13.5. The molecule has 0 rings (SSSR count). The monoisotopic (exact) mass is 1420 g/mol. The molecule has 0 saturated heterocycles. The highest BCUT2D eigenvalue weighted by atomic mass is 31.2.